The summed E-state index contributed by atoms with van der Waals surface area (Å²) in [6.45, 7) is 10.2. The normalized spacial score (nSPS) is 22.7. The van der Waals surface area contributed by atoms with E-state index in [4.69, 9.17) is 35.5 Å². The first-order valence-corrected chi connectivity index (χ1v) is 12.3. The number of ether oxygens (including phenoxy) is 4. The van der Waals surface area contributed by atoms with Crippen LogP contribution in [-0.2, 0) is 19.7 Å². The molecule has 2 N–H and O–H groups in total. The van der Waals surface area contributed by atoms with Crippen molar-refractivity contribution in [1.29, 1.82) is 0 Å². The van der Waals surface area contributed by atoms with Gasteiger partial charge in [0, 0.05) is 17.4 Å². The van der Waals surface area contributed by atoms with E-state index in [1.54, 1.807) is 45.0 Å². The highest BCUT2D eigenvalue weighted by Gasteiger charge is 2.71. The molecule has 3 aliphatic rings. The van der Waals surface area contributed by atoms with Crippen molar-refractivity contribution in [3.63, 3.8) is 0 Å². The van der Waals surface area contributed by atoms with Crippen molar-refractivity contribution in [3.8, 4) is 5.75 Å². The largest absolute Gasteiger partial charge is 0.487 e. The van der Waals surface area contributed by atoms with Gasteiger partial charge in [0.05, 0.1) is 23.7 Å². The average molecular weight is 529 g/mol. The van der Waals surface area contributed by atoms with E-state index in [1.165, 1.54) is 6.20 Å². The molecule has 37 heavy (non-hydrogen) atoms. The van der Waals surface area contributed by atoms with Crippen LogP contribution in [0.2, 0.25) is 5.02 Å². The monoisotopic (exact) mass is 528 g/mol. The summed E-state index contributed by atoms with van der Waals surface area (Å²) in [7, 11) is 0. The zero-order valence-corrected chi connectivity index (χ0v) is 22.1. The smallest absolute Gasteiger partial charge is 0.415 e. The summed E-state index contributed by atoms with van der Waals surface area (Å²) in [4.78, 5) is 34.3. The molecule has 1 atom stereocenters. The Morgan fingerprint density at radius 2 is 1.84 bits per heavy atom. The maximum absolute atomic E-state index is 12.8. The molecule has 0 bridgehead atoms. The van der Waals surface area contributed by atoms with E-state index in [1.807, 2.05) is 19.9 Å². The standard InChI is InChI=1S/C26H29ClN4O6/c1-23(2,3)37-22(33)30-21-31-26(14-35-21)17-10-16(29-20(32)18-8-6-15(27)11-28-18)7-9-19(17)36-24(4,5)25(26)12-34-13-25/h6-11H,12-14H2,1-5H3,(H,29,32)(H,30,31,33). The molecule has 1 fully saturated rings. The Kier molecular flexibility index (Phi) is 5.87. The van der Waals surface area contributed by atoms with E-state index in [0.29, 0.717) is 29.7 Å². The number of pyridine rings is 1. The second-order valence-electron chi connectivity index (χ2n) is 10.9. The second-order valence-corrected chi connectivity index (χ2v) is 11.3. The number of carbonyl (C=O) groups excluding carboxylic acids is 2. The number of hydrogen-bond acceptors (Lipinski definition) is 8. The highest BCUT2D eigenvalue weighted by atomic mass is 35.5. The number of hydrogen-bond donors (Lipinski definition) is 2. The van der Waals surface area contributed by atoms with E-state index in [9.17, 15) is 9.59 Å². The summed E-state index contributed by atoms with van der Waals surface area (Å²) in [5, 5.41) is 5.94. The van der Waals surface area contributed by atoms with E-state index in [0.717, 1.165) is 5.56 Å². The van der Waals surface area contributed by atoms with Crippen LogP contribution in [0.25, 0.3) is 0 Å². The molecule has 10 nitrogen and oxygen atoms in total. The summed E-state index contributed by atoms with van der Waals surface area (Å²) >= 11 is 5.89. The van der Waals surface area contributed by atoms with Gasteiger partial charge in [0.2, 0.25) is 0 Å². The van der Waals surface area contributed by atoms with Crippen LogP contribution in [0.4, 0.5) is 10.5 Å². The number of fused-ring (bicyclic) bond motifs is 3. The Labute approximate surface area is 219 Å². The SMILES string of the molecule is CC(C)(C)OC(=O)NC1=NC2(CO1)c1cc(NC(=O)c3ccc(Cl)cn3)ccc1OC(C)(C)C21COC1. The molecule has 1 aromatic carbocycles. The van der Waals surface area contributed by atoms with Gasteiger partial charge >= 0.3 is 6.09 Å². The minimum atomic E-state index is -0.939. The fraction of sp³-hybridized carbons (Fsp3) is 0.462. The third-order valence-electron chi connectivity index (χ3n) is 6.97. The minimum absolute atomic E-state index is 0.0592. The van der Waals surface area contributed by atoms with Crippen LogP contribution in [0.3, 0.4) is 0 Å². The van der Waals surface area contributed by atoms with Crippen molar-refractivity contribution in [2.75, 3.05) is 25.1 Å². The van der Waals surface area contributed by atoms with Gasteiger partial charge in [-0.05, 0) is 65.0 Å². The number of alkyl carbamates (subject to hydrolysis) is 1. The topological polar surface area (TPSA) is 120 Å². The van der Waals surface area contributed by atoms with Crippen LogP contribution in [0.5, 0.6) is 5.75 Å². The molecule has 1 unspecified atom stereocenters. The van der Waals surface area contributed by atoms with Crippen molar-refractivity contribution in [1.82, 2.24) is 10.3 Å². The molecule has 1 aromatic heterocycles. The predicted octanol–water partition coefficient (Wildman–Crippen LogP) is 4.28. The first-order valence-electron chi connectivity index (χ1n) is 11.9. The lowest BCUT2D eigenvalue weighted by atomic mass is 9.55. The zero-order valence-electron chi connectivity index (χ0n) is 21.3. The fourth-order valence-electron chi connectivity index (χ4n) is 4.99. The van der Waals surface area contributed by atoms with Gasteiger partial charge < -0.3 is 24.3 Å². The van der Waals surface area contributed by atoms with Gasteiger partial charge in [0.1, 0.15) is 34.8 Å². The van der Waals surface area contributed by atoms with Gasteiger partial charge in [-0.15, -0.1) is 0 Å². The molecule has 2 aromatic rings. The number of nitrogens with one attached hydrogen (secondary N) is 2. The number of nitrogens with zero attached hydrogens (tertiary/aromatic N) is 2. The first-order chi connectivity index (χ1) is 17.3. The quantitative estimate of drug-likeness (QED) is 0.596. The summed E-state index contributed by atoms with van der Waals surface area (Å²) in [6.07, 6.45) is 0.753. The van der Waals surface area contributed by atoms with Crippen LogP contribution < -0.4 is 15.4 Å². The maximum Gasteiger partial charge on any atom is 0.415 e. The fourth-order valence-corrected chi connectivity index (χ4v) is 5.11. The van der Waals surface area contributed by atoms with Crippen molar-refractivity contribution in [3.05, 3.63) is 52.8 Å². The van der Waals surface area contributed by atoms with Crippen LogP contribution in [0.1, 0.15) is 50.7 Å². The highest BCUT2D eigenvalue weighted by Crippen LogP contribution is 2.62. The van der Waals surface area contributed by atoms with Gasteiger partial charge in [-0.1, -0.05) is 11.6 Å². The third-order valence-corrected chi connectivity index (χ3v) is 7.19. The number of carbonyl (C=O) groups is 2. The van der Waals surface area contributed by atoms with E-state index in [-0.39, 0.29) is 24.2 Å². The molecular formula is C26H29ClN4O6. The Balaban J connectivity index is 1.52. The number of amides is 2. The number of anilines is 1. The number of aromatic nitrogens is 1. The number of rotatable bonds is 2. The minimum Gasteiger partial charge on any atom is -0.487 e. The van der Waals surface area contributed by atoms with Gasteiger partial charge in [0.15, 0.2) is 0 Å². The summed E-state index contributed by atoms with van der Waals surface area (Å²) in [6, 6.07) is 8.58. The molecule has 196 valence electrons. The molecule has 2 amide bonds. The molecule has 0 saturated carbocycles. The molecule has 11 heteroatoms. The second kappa shape index (κ2) is 8.59. The van der Waals surface area contributed by atoms with Crippen molar-refractivity contribution < 1.29 is 28.5 Å². The Bertz CT molecular complexity index is 1280. The Morgan fingerprint density at radius 1 is 1.08 bits per heavy atom. The number of halogens is 1. The van der Waals surface area contributed by atoms with Crippen molar-refractivity contribution >= 4 is 35.3 Å². The van der Waals surface area contributed by atoms with E-state index >= 15 is 0 Å². The Morgan fingerprint density at radius 3 is 2.46 bits per heavy atom. The van der Waals surface area contributed by atoms with Crippen molar-refractivity contribution in [2.45, 2.75) is 51.4 Å². The highest BCUT2D eigenvalue weighted by molar-refractivity contribution is 6.30. The molecule has 2 spiro atoms. The van der Waals surface area contributed by atoms with Gasteiger partial charge in [-0.2, -0.15) is 0 Å². The lowest BCUT2D eigenvalue weighted by molar-refractivity contribution is -0.247. The molecule has 0 radical (unpaired) electrons. The number of aliphatic imine (C=N–C) groups is 1. The summed E-state index contributed by atoms with van der Waals surface area (Å²) in [5.74, 6) is 0.221. The average Bonchev–Trinajstić information content (AvgIpc) is 3.15. The maximum atomic E-state index is 12.8. The number of benzene rings is 1. The van der Waals surface area contributed by atoms with E-state index in [2.05, 4.69) is 15.6 Å². The Hall–Kier alpha value is -3.37. The molecule has 3 aliphatic heterocycles. The van der Waals surface area contributed by atoms with E-state index < -0.39 is 28.2 Å². The lowest BCUT2D eigenvalue weighted by Gasteiger charge is -2.61. The van der Waals surface area contributed by atoms with Gasteiger partial charge in [-0.25, -0.2) is 20.1 Å². The van der Waals surface area contributed by atoms with Crippen LogP contribution in [0, 0.1) is 5.41 Å². The summed E-state index contributed by atoms with van der Waals surface area (Å²) in [5.41, 5.74) is -1.38. The number of amidine groups is 1. The first kappa shape index (κ1) is 25.3. The molecule has 4 heterocycles. The van der Waals surface area contributed by atoms with Crippen LogP contribution >= 0.6 is 11.6 Å². The lowest BCUT2D eigenvalue weighted by Crippen LogP contribution is -2.71. The molecule has 0 aliphatic carbocycles. The molecule has 1 saturated heterocycles. The molecular weight excluding hydrogens is 500 g/mol. The van der Waals surface area contributed by atoms with Crippen molar-refractivity contribution in [2.24, 2.45) is 10.4 Å². The van der Waals surface area contributed by atoms with Gasteiger partial charge in [-0.3, -0.25) is 4.79 Å². The van der Waals surface area contributed by atoms with Crippen LogP contribution in [0.15, 0.2) is 41.5 Å². The third kappa shape index (κ3) is 4.27. The predicted molar refractivity (Wildman–Crippen MR) is 136 cm³/mol. The molecule has 5 rings (SSSR count). The van der Waals surface area contributed by atoms with Crippen LogP contribution in [-0.4, -0.2) is 54.0 Å². The summed E-state index contributed by atoms with van der Waals surface area (Å²) < 4.78 is 23.4. The zero-order chi connectivity index (χ0) is 26.6. The van der Waals surface area contributed by atoms with Gasteiger partial charge in [0.25, 0.3) is 11.9 Å².